The van der Waals surface area contributed by atoms with Crippen LogP contribution in [0.25, 0.3) is 28.6 Å². The average molecular weight is 409 g/mol. The van der Waals surface area contributed by atoms with Crippen molar-refractivity contribution in [3.05, 3.63) is 96.1 Å². The van der Waals surface area contributed by atoms with Crippen molar-refractivity contribution in [1.29, 1.82) is 0 Å². The van der Waals surface area contributed by atoms with Crippen molar-refractivity contribution in [3.8, 4) is 22.9 Å². The van der Waals surface area contributed by atoms with Gasteiger partial charge in [-0.1, -0.05) is 36.9 Å². The lowest BCUT2D eigenvalue weighted by atomic mass is 10.1. The standard InChI is InChI=1S/C24H15N3O4/c1-14-17-6-2-3-7-18(17)23(28)27(14)20-9-5-4-8-19(20)22-26-25-21(31-22)15-10-12-16(13-11-15)24(29)30/h2-13H,1H2,(H,29,30). The monoisotopic (exact) mass is 409 g/mol. The maximum atomic E-state index is 13.1. The number of carbonyl (C=O) groups is 2. The van der Waals surface area contributed by atoms with Crippen molar-refractivity contribution >= 4 is 23.3 Å². The Morgan fingerprint density at radius 2 is 1.45 bits per heavy atom. The van der Waals surface area contributed by atoms with Gasteiger partial charge in [-0.05, 0) is 42.5 Å². The van der Waals surface area contributed by atoms with E-state index in [0.29, 0.717) is 28.1 Å². The normalized spacial score (nSPS) is 12.8. The first-order valence-corrected chi connectivity index (χ1v) is 9.44. The molecule has 0 spiro atoms. The van der Waals surface area contributed by atoms with Crippen molar-refractivity contribution in [1.82, 2.24) is 10.2 Å². The average Bonchev–Trinajstić information content (AvgIpc) is 3.38. The molecule has 0 saturated heterocycles. The maximum Gasteiger partial charge on any atom is 0.335 e. The Labute approximate surface area is 176 Å². The maximum absolute atomic E-state index is 13.1. The molecule has 1 aromatic heterocycles. The van der Waals surface area contributed by atoms with Crippen molar-refractivity contribution in [2.75, 3.05) is 4.90 Å². The summed E-state index contributed by atoms with van der Waals surface area (Å²) in [5, 5.41) is 17.3. The molecule has 1 amide bonds. The number of carboxylic acids is 1. The number of nitrogens with zero attached hydrogens (tertiary/aromatic N) is 3. The SMILES string of the molecule is C=C1c2ccccc2C(=O)N1c1ccccc1-c1nnc(-c2ccc(C(=O)O)cc2)o1. The molecule has 0 bridgehead atoms. The van der Waals surface area contributed by atoms with E-state index < -0.39 is 5.97 Å². The lowest BCUT2D eigenvalue weighted by molar-refractivity contribution is 0.0696. The van der Waals surface area contributed by atoms with E-state index in [4.69, 9.17) is 9.52 Å². The van der Waals surface area contributed by atoms with Gasteiger partial charge in [0, 0.05) is 16.7 Å². The van der Waals surface area contributed by atoms with Crippen LogP contribution in [0.2, 0.25) is 0 Å². The summed E-state index contributed by atoms with van der Waals surface area (Å²) < 4.78 is 5.87. The van der Waals surface area contributed by atoms with Crippen LogP contribution in [0.15, 0.2) is 83.8 Å². The fraction of sp³-hybridized carbons (Fsp3) is 0. The molecule has 2 heterocycles. The number of amides is 1. The molecule has 7 nitrogen and oxygen atoms in total. The molecule has 1 aliphatic rings. The minimum absolute atomic E-state index is 0.166. The first kappa shape index (κ1) is 18.5. The van der Waals surface area contributed by atoms with Gasteiger partial charge >= 0.3 is 5.97 Å². The molecule has 0 aliphatic carbocycles. The first-order chi connectivity index (χ1) is 15.0. The number of hydrogen-bond acceptors (Lipinski definition) is 5. The number of benzene rings is 3. The van der Waals surface area contributed by atoms with Gasteiger partial charge in [0.2, 0.25) is 11.8 Å². The fourth-order valence-electron chi connectivity index (χ4n) is 3.59. The number of para-hydroxylation sites is 1. The molecule has 0 radical (unpaired) electrons. The highest BCUT2D eigenvalue weighted by Crippen LogP contribution is 2.40. The van der Waals surface area contributed by atoms with E-state index in [9.17, 15) is 9.59 Å². The first-order valence-electron chi connectivity index (χ1n) is 9.44. The summed E-state index contributed by atoms with van der Waals surface area (Å²) in [6.07, 6.45) is 0. The highest BCUT2D eigenvalue weighted by atomic mass is 16.4. The Balaban J connectivity index is 1.54. The van der Waals surface area contributed by atoms with Gasteiger partial charge in [-0.2, -0.15) is 0 Å². The molecule has 1 N–H and O–H groups in total. The Kier molecular flexibility index (Phi) is 4.22. The van der Waals surface area contributed by atoms with Gasteiger partial charge in [0.25, 0.3) is 5.91 Å². The molecular formula is C24H15N3O4. The predicted octanol–water partition coefficient (Wildman–Crippen LogP) is 4.73. The topological polar surface area (TPSA) is 96.5 Å². The molecular weight excluding hydrogens is 394 g/mol. The number of hydrogen-bond donors (Lipinski definition) is 1. The largest absolute Gasteiger partial charge is 0.478 e. The molecule has 0 unspecified atom stereocenters. The number of carbonyl (C=O) groups excluding carboxylic acids is 1. The van der Waals surface area contributed by atoms with E-state index in [-0.39, 0.29) is 23.3 Å². The summed E-state index contributed by atoms with van der Waals surface area (Å²) in [6, 6.07) is 20.7. The molecule has 0 fully saturated rings. The van der Waals surface area contributed by atoms with Crippen molar-refractivity contribution in [3.63, 3.8) is 0 Å². The minimum atomic E-state index is -1.01. The zero-order valence-corrected chi connectivity index (χ0v) is 16.1. The van der Waals surface area contributed by atoms with Crippen LogP contribution in [-0.4, -0.2) is 27.2 Å². The quantitative estimate of drug-likeness (QED) is 0.523. The fourth-order valence-corrected chi connectivity index (χ4v) is 3.59. The summed E-state index contributed by atoms with van der Waals surface area (Å²) in [5.41, 5.74) is 3.89. The third kappa shape index (κ3) is 3.00. The number of aromatic carboxylic acids is 1. The van der Waals surface area contributed by atoms with E-state index in [1.165, 1.54) is 12.1 Å². The van der Waals surface area contributed by atoms with Crippen LogP contribution in [0.1, 0.15) is 26.3 Å². The van der Waals surface area contributed by atoms with E-state index >= 15 is 0 Å². The van der Waals surface area contributed by atoms with E-state index in [1.807, 2.05) is 30.3 Å². The van der Waals surface area contributed by atoms with Crippen molar-refractivity contribution in [2.24, 2.45) is 0 Å². The number of rotatable bonds is 4. The van der Waals surface area contributed by atoms with Crippen LogP contribution in [0, 0.1) is 0 Å². The van der Waals surface area contributed by atoms with E-state index in [0.717, 1.165) is 5.56 Å². The summed E-state index contributed by atoms with van der Waals surface area (Å²) in [6.45, 7) is 4.10. The van der Waals surface area contributed by atoms with Gasteiger partial charge in [0.15, 0.2) is 0 Å². The van der Waals surface area contributed by atoms with Crippen molar-refractivity contribution < 1.29 is 19.1 Å². The molecule has 5 rings (SSSR count). The second-order valence-corrected chi connectivity index (χ2v) is 6.94. The Morgan fingerprint density at radius 1 is 0.839 bits per heavy atom. The van der Waals surface area contributed by atoms with Gasteiger partial charge in [-0.25, -0.2) is 4.79 Å². The predicted molar refractivity (Wildman–Crippen MR) is 114 cm³/mol. The second-order valence-electron chi connectivity index (χ2n) is 6.94. The summed E-state index contributed by atoms with van der Waals surface area (Å²) >= 11 is 0. The molecule has 0 saturated carbocycles. The van der Waals surface area contributed by atoms with Crippen LogP contribution >= 0.6 is 0 Å². The van der Waals surface area contributed by atoms with Gasteiger partial charge in [-0.3, -0.25) is 9.69 Å². The van der Waals surface area contributed by atoms with Gasteiger partial charge < -0.3 is 9.52 Å². The smallest absolute Gasteiger partial charge is 0.335 e. The molecule has 7 heteroatoms. The Morgan fingerprint density at radius 3 is 2.13 bits per heavy atom. The summed E-state index contributed by atoms with van der Waals surface area (Å²) in [5.74, 6) is -0.693. The highest BCUT2D eigenvalue weighted by molar-refractivity contribution is 6.23. The highest BCUT2D eigenvalue weighted by Gasteiger charge is 2.33. The summed E-state index contributed by atoms with van der Waals surface area (Å²) in [4.78, 5) is 25.6. The summed E-state index contributed by atoms with van der Waals surface area (Å²) in [7, 11) is 0. The van der Waals surface area contributed by atoms with Gasteiger partial charge in [0.1, 0.15) is 0 Å². The Bertz CT molecular complexity index is 1320. The number of aromatic nitrogens is 2. The van der Waals surface area contributed by atoms with Crippen LogP contribution < -0.4 is 4.90 Å². The Hall–Kier alpha value is -4.52. The van der Waals surface area contributed by atoms with Crippen LogP contribution in [0.3, 0.4) is 0 Å². The lowest BCUT2D eigenvalue weighted by Gasteiger charge is -2.19. The third-order valence-corrected chi connectivity index (χ3v) is 5.12. The van der Waals surface area contributed by atoms with Crippen LogP contribution in [0.5, 0.6) is 0 Å². The van der Waals surface area contributed by atoms with E-state index in [1.54, 1.807) is 35.2 Å². The zero-order valence-electron chi connectivity index (χ0n) is 16.1. The van der Waals surface area contributed by atoms with E-state index in [2.05, 4.69) is 16.8 Å². The number of carboxylic acid groups (broad SMARTS) is 1. The van der Waals surface area contributed by atoms with Crippen LogP contribution in [0.4, 0.5) is 5.69 Å². The van der Waals surface area contributed by atoms with Gasteiger partial charge in [-0.15, -0.1) is 10.2 Å². The molecule has 150 valence electrons. The minimum Gasteiger partial charge on any atom is -0.478 e. The van der Waals surface area contributed by atoms with Crippen molar-refractivity contribution in [2.45, 2.75) is 0 Å². The molecule has 0 atom stereocenters. The van der Waals surface area contributed by atoms with Gasteiger partial charge in [0.05, 0.1) is 22.5 Å². The number of anilines is 1. The third-order valence-electron chi connectivity index (χ3n) is 5.12. The number of fused-ring (bicyclic) bond motifs is 1. The zero-order chi connectivity index (χ0) is 21.5. The second kappa shape index (κ2) is 7.07. The van der Waals surface area contributed by atoms with Crippen LogP contribution in [-0.2, 0) is 0 Å². The molecule has 1 aliphatic heterocycles. The molecule has 4 aromatic rings. The lowest BCUT2D eigenvalue weighted by Crippen LogP contribution is -2.22. The molecule has 3 aromatic carbocycles. The molecule has 31 heavy (non-hydrogen) atoms.